The lowest BCUT2D eigenvalue weighted by molar-refractivity contribution is 0.253. The summed E-state index contributed by atoms with van der Waals surface area (Å²) in [7, 11) is 1.41. The first-order chi connectivity index (χ1) is 6.64. The summed E-state index contributed by atoms with van der Waals surface area (Å²) < 4.78 is 12.6. The van der Waals surface area contributed by atoms with Crippen LogP contribution in [-0.2, 0) is 8.85 Å². The Morgan fingerprint density at radius 1 is 1.36 bits per heavy atom. The zero-order chi connectivity index (χ0) is 10.6. The van der Waals surface area contributed by atoms with Crippen LogP contribution in [0.1, 0.15) is 13.8 Å². The van der Waals surface area contributed by atoms with Crippen molar-refractivity contribution < 1.29 is 8.85 Å². The fourth-order valence-corrected chi connectivity index (χ4v) is 6.25. The molecule has 0 aliphatic carbocycles. The molecule has 0 aliphatic rings. The van der Waals surface area contributed by atoms with Crippen molar-refractivity contribution in [2.75, 3.05) is 14.2 Å². The van der Waals surface area contributed by atoms with Crippen LogP contribution in [-0.4, -0.2) is 22.8 Å². The molecular formula is C10H18O2SSi. The zero-order valence-corrected chi connectivity index (χ0v) is 11.1. The molecule has 14 heavy (non-hydrogen) atoms. The Balaban J connectivity index is 2.91. The predicted octanol–water partition coefficient (Wildman–Crippen LogP) is 2.35. The van der Waals surface area contributed by atoms with Crippen molar-refractivity contribution >= 4 is 24.4 Å². The van der Waals surface area contributed by atoms with E-state index >= 15 is 0 Å². The van der Waals surface area contributed by atoms with Crippen LogP contribution in [0.5, 0.6) is 0 Å². The third kappa shape index (κ3) is 2.45. The molecule has 0 unspecified atom stereocenters. The predicted molar refractivity (Wildman–Crippen MR) is 63.4 cm³/mol. The van der Waals surface area contributed by atoms with Gasteiger partial charge < -0.3 is 8.85 Å². The average Bonchev–Trinajstić information content (AvgIpc) is 2.67. The van der Waals surface area contributed by atoms with Gasteiger partial charge in [0.15, 0.2) is 0 Å². The molecule has 0 bridgehead atoms. The van der Waals surface area contributed by atoms with Gasteiger partial charge in [0.25, 0.3) is 0 Å². The summed E-state index contributed by atoms with van der Waals surface area (Å²) in [5, 5.41) is 2.08. The highest BCUT2D eigenvalue weighted by atomic mass is 32.1. The largest absolute Gasteiger partial charge is 0.394 e. The van der Waals surface area contributed by atoms with Crippen LogP contribution in [0, 0.1) is 5.92 Å². The molecule has 0 fully saturated rings. The van der Waals surface area contributed by atoms with Gasteiger partial charge in [-0.05, 0) is 23.4 Å². The topological polar surface area (TPSA) is 18.5 Å². The highest BCUT2D eigenvalue weighted by Crippen LogP contribution is 2.20. The monoisotopic (exact) mass is 230 g/mol. The number of hydrogen-bond donors (Lipinski definition) is 0. The molecule has 0 amide bonds. The average molecular weight is 230 g/mol. The SMILES string of the molecule is CO[Si](CC(C)C)(OC)c1cccs1. The lowest BCUT2D eigenvalue weighted by atomic mass is 10.3. The second-order valence-electron chi connectivity index (χ2n) is 3.74. The van der Waals surface area contributed by atoms with Gasteiger partial charge in [-0.3, -0.25) is 0 Å². The van der Waals surface area contributed by atoms with Crippen LogP contribution in [0.25, 0.3) is 0 Å². The summed E-state index contributed by atoms with van der Waals surface area (Å²) in [6.07, 6.45) is 0. The molecular weight excluding hydrogens is 212 g/mol. The fraction of sp³-hybridized carbons (Fsp3) is 0.600. The van der Waals surface area contributed by atoms with Gasteiger partial charge in [-0.15, -0.1) is 11.3 Å². The van der Waals surface area contributed by atoms with Gasteiger partial charge in [-0.1, -0.05) is 19.9 Å². The standard InChI is InChI=1S/C10H18O2SSi/c1-9(2)8-14(11-3,12-4)10-6-5-7-13-10/h5-7,9H,8H2,1-4H3. The highest BCUT2D eigenvalue weighted by Gasteiger charge is 2.39. The minimum absolute atomic E-state index is 0.601. The fourth-order valence-electron chi connectivity index (χ4n) is 1.58. The third-order valence-corrected chi connectivity index (χ3v) is 7.79. The summed E-state index contributed by atoms with van der Waals surface area (Å²) >= 11 is 1.73. The highest BCUT2D eigenvalue weighted by molar-refractivity contribution is 7.23. The van der Waals surface area contributed by atoms with Gasteiger partial charge in [0.1, 0.15) is 0 Å². The molecule has 0 aliphatic heterocycles. The van der Waals surface area contributed by atoms with E-state index in [0.29, 0.717) is 5.92 Å². The van der Waals surface area contributed by atoms with Crippen molar-refractivity contribution in [3.63, 3.8) is 0 Å². The summed E-state index contributed by atoms with van der Waals surface area (Å²) in [6.45, 7) is 4.40. The third-order valence-electron chi connectivity index (χ3n) is 2.23. The Kier molecular flexibility index (Phi) is 4.31. The summed E-state index contributed by atoms with van der Waals surface area (Å²) in [5.74, 6) is 0.601. The van der Waals surface area contributed by atoms with Crippen LogP contribution in [0.3, 0.4) is 0 Å². The number of thiophene rings is 1. The Morgan fingerprint density at radius 3 is 2.36 bits per heavy atom. The van der Waals surface area contributed by atoms with E-state index in [4.69, 9.17) is 8.85 Å². The molecule has 1 heterocycles. The minimum atomic E-state index is -2.11. The molecule has 0 aromatic carbocycles. The molecule has 80 valence electrons. The van der Waals surface area contributed by atoms with Gasteiger partial charge in [0.2, 0.25) is 0 Å². The van der Waals surface area contributed by atoms with E-state index in [-0.39, 0.29) is 0 Å². The van der Waals surface area contributed by atoms with Gasteiger partial charge in [-0.2, -0.15) is 0 Å². The van der Waals surface area contributed by atoms with Crippen LogP contribution < -0.4 is 4.50 Å². The quantitative estimate of drug-likeness (QED) is 0.723. The molecule has 0 saturated heterocycles. The lowest BCUT2D eigenvalue weighted by Crippen LogP contribution is -2.51. The number of hydrogen-bond acceptors (Lipinski definition) is 3. The van der Waals surface area contributed by atoms with E-state index in [1.165, 1.54) is 4.50 Å². The molecule has 2 nitrogen and oxygen atoms in total. The van der Waals surface area contributed by atoms with Crippen molar-refractivity contribution in [2.45, 2.75) is 19.9 Å². The van der Waals surface area contributed by atoms with Crippen molar-refractivity contribution in [1.29, 1.82) is 0 Å². The Bertz CT molecular complexity index is 255. The van der Waals surface area contributed by atoms with Crippen molar-refractivity contribution in [3.05, 3.63) is 17.5 Å². The van der Waals surface area contributed by atoms with Crippen LogP contribution >= 0.6 is 11.3 Å². The second-order valence-corrected chi connectivity index (χ2v) is 8.32. The smallest absolute Gasteiger partial charge is 0.382 e. The van der Waals surface area contributed by atoms with E-state index < -0.39 is 8.56 Å². The molecule has 1 aromatic rings. The first kappa shape index (κ1) is 11.9. The summed E-state index contributed by atoms with van der Waals surface area (Å²) in [6, 6.07) is 5.19. The summed E-state index contributed by atoms with van der Waals surface area (Å²) in [5.41, 5.74) is 0. The molecule has 1 rings (SSSR count). The first-order valence-corrected chi connectivity index (χ1v) is 7.69. The Morgan fingerprint density at radius 2 is 2.00 bits per heavy atom. The van der Waals surface area contributed by atoms with Crippen molar-refractivity contribution in [1.82, 2.24) is 0 Å². The molecule has 0 saturated carbocycles. The van der Waals surface area contributed by atoms with E-state index in [1.807, 2.05) is 0 Å². The van der Waals surface area contributed by atoms with Crippen LogP contribution in [0.15, 0.2) is 17.5 Å². The zero-order valence-electron chi connectivity index (χ0n) is 9.24. The van der Waals surface area contributed by atoms with E-state index in [1.54, 1.807) is 25.6 Å². The van der Waals surface area contributed by atoms with Gasteiger partial charge >= 0.3 is 8.56 Å². The Labute approximate surface area is 91.1 Å². The maximum atomic E-state index is 5.67. The molecule has 0 N–H and O–H groups in total. The maximum Gasteiger partial charge on any atom is 0.382 e. The molecule has 0 radical (unpaired) electrons. The lowest BCUT2D eigenvalue weighted by Gasteiger charge is -2.27. The second kappa shape index (κ2) is 5.07. The number of rotatable bonds is 5. The van der Waals surface area contributed by atoms with Crippen LogP contribution in [0.2, 0.25) is 6.04 Å². The van der Waals surface area contributed by atoms with Crippen LogP contribution in [0.4, 0.5) is 0 Å². The Hall–Kier alpha value is -0.163. The molecule has 4 heteroatoms. The van der Waals surface area contributed by atoms with E-state index in [9.17, 15) is 0 Å². The molecule has 0 atom stereocenters. The van der Waals surface area contributed by atoms with Gasteiger partial charge in [0, 0.05) is 18.7 Å². The minimum Gasteiger partial charge on any atom is -0.394 e. The first-order valence-electron chi connectivity index (χ1n) is 4.79. The normalized spacial score (nSPS) is 12.4. The van der Waals surface area contributed by atoms with Gasteiger partial charge in [-0.25, -0.2) is 0 Å². The summed E-state index contributed by atoms with van der Waals surface area (Å²) in [4.78, 5) is 0. The molecule has 0 spiro atoms. The van der Waals surface area contributed by atoms with Crippen molar-refractivity contribution in [3.8, 4) is 0 Å². The van der Waals surface area contributed by atoms with E-state index in [0.717, 1.165) is 6.04 Å². The van der Waals surface area contributed by atoms with Gasteiger partial charge in [0.05, 0.1) is 0 Å². The van der Waals surface area contributed by atoms with Crippen molar-refractivity contribution in [2.24, 2.45) is 5.92 Å². The van der Waals surface area contributed by atoms with E-state index in [2.05, 4.69) is 31.4 Å². The molecule has 1 aromatic heterocycles. The maximum absolute atomic E-state index is 5.67.